The van der Waals surface area contributed by atoms with Crippen molar-refractivity contribution >= 4 is 6.21 Å². The highest BCUT2D eigenvalue weighted by atomic mass is 14.7. The maximum atomic E-state index is 3.88. The van der Waals surface area contributed by atoms with Crippen LogP contribution in [0.4, 0.5) is 0 Å². The van der Waals surface area contributed by atoms with E-state index >= 15 is 0 Å². The van der Waals surface area contributed by atoms with Crippen LogP contribution in [0.25, 0.3) is 0 Å². The number of hydrogen-bond acceptors (Lipinski definition) is 1. The van der Waals surface area contributed by atoms with Crippen LogP contribution in [-0.2, 0) is 0 Å². The highest BCUT2D eigenvalue weighted by Gasteiger charge is 1.71. The van der Waals surface area contributed by atoms with E-state index in [2.05, 4.69) is 11.1 Å². The van der Waals surface area contributed by atoms with E-state index in [1.807, 2.05) is 39.8 Å². The van der Waals surface area contributed by atoms with E-state index in [9.17, 15) is 0 Å². The zero-order chi connectivity index (χ0) is 8.95. The Hall–Kier alpha value is -0.850. The Balaban J connectivity index is 0. The molecule has 0 saturated carbocycles. The van der Waals surface area contributed by atoms with E-state index in [-0.39, 0.29) is 0 Å². The Morgan fingerprint density at radius 3 is 2.27 bits per heavy atom. The van der Waals surface area contributed by atoms with E-state index in [1.165, 1.54) is 0 Å². The third-order valence-corrected chi connectivity index (χ3v) is 0.772. The largest absolute Gasteiger partial charge is 0.265 e. The van der Waals surface area contributed by atoms with E-state index in [0.717, 1.165) is 6.42 Å². The normalized spacial score (nSPS) is 12.0. The van der Waals surface area contributed by atoms with Crippen LogP contribution in [0.5, 0.6) is 0 Å². The third kappa shape index (κ3) is 12.4. The van der Waals surface area contributed by atoms with Gasteiger partial charge in [-0.2, -0.15) is 0 Å². The molecule has 0 N–H and O–H groups in total. The Morgan fingerprint density at radius 1 is 1.00 bits per heavy atom. The standard InChI is InChI=1S/C6H7N.2C2H6/c1-2-4-6-7-5-3-1;2*1-2/h1,3-6H,2H2;2*1-2H3. The molecule has 0 atom stereocenters. The molecule has 1 heteroatoms. The van der Waals surface area contributed by atoms with E-state index in [1.54, 1.807) is 12.4 Å². The summed E-state index contributed by atoms with van der Waals surface area (Å²) in [4.78, 5) is 3.88. The van der Waals surface area contributed by atoms with E-state index in [4.69, 9.17) is 0 Å². The van der Waals surface area contributed by atoms with E-state index < -0.39 is 0 Å². The molecule has 0 aromatic rings. The fourth-order valence-electron chi connectivity index (χ4n) is 0.439. The van der Waals surface area contributed by atoms with Gasteiger partial charge in [0, 0.05) is 12.4 Å². The number of hydrogen-bond donors (Lipinski definition) is 0. The lowest BCUT2D eigenvalue weighted by Gasteiger charge is -1.68. The lowest BCUT2D eigenvalue weighted by Crippen LogP contribution is -1.54. The first-order valence-electron chi connectivity index (χ1n) is 4.33. The summed E-state index contributed by atoms with van der Waals surface area (Å²) < 4.78 is 0. The van der Waals surface area contributed by atoms with Gasteiger partial charge in [0.1, 0.15) is 0 Å². The second-order valence-corrected chi connectivity index (χ2v) is 1.35. The zero-order valence-corrected chi connectivity index (χ0v) is 8.04. The van der Waals surface area contributed by atoms with Crippen LogP contribution in [0, 0.1) is 0 Å². The van der Waals surface area contributed by atoms with Gasteiger partial charge in [-0.25, -0.2) is 0 Å². The molecule has 0 radical (unpaired) electrons. The van der Waals surface area contributed by atoms with Crippen molar-refractivity contribution < 1.29 is 0 Å². The molecule has 0 amide bonds. The predicted molar refractivity (Wildman–Crippen MR) is 54.1 cm³/mol. The highest BCUT2D eigenvalue weighted by Crippen LogP contribution is 1.88. The van der Waals surface area contributed by atoms with Gasteiger partial charge in [0.2, 0.25) is 0 Å². The fraction of sp³-hybridized carbons (Fsp3) is 0.500. The van der Waals surface area contributed by atoms with Crippen LogP contribution >= 0.6 is 0 Å². The minimum absolute atomic E-state index is 1.01. The van der Waals surface area contributed by atoms with Crippen molar-refractivity contribution in [3.8, 4) is 0 Å². The highest BCUT2D eigenvalue weighted by molar-refractivity contribution is 5.71. The van der Waals surface area contributed by atoms with Crippen LogP contribution in [-0.4, -0.2) is 6.21 Å². The van der Waals surface area contributed by atoms with Crippen molar-refractivity contribution in [1.82, 2.24) is 0 Å². The fourth-order valence-corrected chi connectivity index (χ4v) is 0.439. The van der Waals surface area contributed by atoms with Crippen molar-refractivity contribution in [2.75, 3.05) is 0 Å². The Labute approximate surface area is 70.5 Å². The number of allylic oxidation sites excluding steroid dienone is 3. The summed E-state index contributed by atoms with van der Waals surface area (Å²) >= 11 is 0. The molecule has 1 heterocycles. The summed E-state index contributed by atoms with van der Waals surface area (Å²) in [6.07, 6.45) is 10.6. The van der Waals surface area contributed by atoms with Crippen LogP contribution in [0.2, 0.25) is 0 Å². The molecule has 64 valence electrons. The van der Waals surface area contributed by atoms with Crippen LogP contribution in [0.1, 0.15) is 34.1 Å². The van der Waals surface area contributed by atoms with Crippen molar-refractivity contribution in [3.05, 3.63) is 24.4 Å². The quantitative estimate of drug-likeness (QED) is 0.504. The Morgan fingerprint density at radius 2 is 1.64 bits per heavy atom. The number of nitrogens with zero attached hydrogens (tertiary/aromatic N) is 1. The molecule has 0 bridgehead atoms. The summed E-state index contributed by atoms with van der Waals surface area (Å²) in [7, 11) is 0. The smallest absolute Gasteiger partial charge is 0.0264 e. The van der Waals surface area contributed by atoms with Gasteiger partial charge < -0.3 is 0 Å². The zero-order valence-electron chi connectivity index (χ0n) is 8.04. The van der Waals surface area contributed by atoms with Crippen LogP contribution in [0.15, 0.2) is 29.4 Å². The van der Waals surface area contributed by atoms with Crippen molar-refractivity contribution in [3.63, 3.8) is 0 Å². The van der Waals surface area contributed by atoms with Crippen molar-refractivity contribution in [2.24, 2.45) is 4.99 Å². The SMILES string of the molecule is C1=CCC=CN=C1.CC.CC. The summed E-state index contributed by atoms with van der Waals surface area (Å²) in [5.74, 6) is 0. The molecule has 0 aromatic carbocycles. The first kappa shape index (κ1) is 12.8. The molecule has 0 saturated heterocycles. The third-order valence-electron chi connectivity index (χ3n) is 0.772. The maximum Gasteiger partial charge on any atom is 0.0264 e. The van der Waals surface area contributed by atoms with Crippen molar-refractivity contribution in [2.45, 2.75) is 34.1 Å². The molecule has 1 aliphatic heterocycles. The average Bonchev–Trinajstić information content (AvgIpc) is 2.42. The lowest BCUT2D eigenvalue weighted by molar-refractivity contribution is 1.39. The Kier molecular flexibility index (Phi) is 18.7. The first-order chi connectivity index (χ1) is 5.50. The van der Waals surface area contributed by atoms with Gasteiger partial charge in [-0.15, -0.1) is 0 Å². The second kappa shape index (κ2) is 16.1. The molecule has 1 aliphatic rings. The summed E-state index contributed by atoms with van der Waals surface area (Å²) in [6, 6.07) is 0. The van der Waals surface area contributed by atoms with Crippen LogP contribution in [0.3, 0.4) is 0 Å². The molecule has 11 heavy (non-hydrogen) atoms. The van der Waals surface area contributed by atoms with Crippen molar-refractivity contribution in [1.29, 1.82) is 0 Å². The van der Waals surface area contributed by atoms with Gasteiger partial charge >= 0.3 is 0 Å². The maximum absolute atomic E-state index is 3.88. The number of rotatable bonds is 0. The minimum Gasteiger partial charge on any atom is -0.265 e. The first-order valence-corrected chi connectivity index (χ1v) is 4.33. The lowest BCUT2D eigenvalue weighted by atomic mass is 10.4. The summed E-state index contributed by atoms with van der Waals surface area (Å²) in [5, 5.41) is 0. The average molecular weight is 153 g/mol. The molecule has 0 aromatic heterocycles. The molecule has 0 aliphatic carbocycles. The second-order valence-electron chi connectivity index (χ2n) is 1.35. The molecule has 0 fully saturated rings. The summed E-state index contributed by atoms with van der Waals surface area (Å²) in [6.45, 7) is 8.00. The monoisotopic (exact) mass is 153 g/mol. The van der Waals surface area contributed by atoms with Crippen LogP contribution < -0.4 is 0 Å². The van der Waals surface area contributed by atoms with E-state index in [0.29, 0.717) is 0 Å². The van der Waals surface area contributed by atoms with Gasteiger partial charge in [0.05, 0.1) is 0 Å². The Bertz CT molecular complexity index is 107. The molecule has 1 rings (SSSR count). The van der Waals surface area contributed by atoms with Gasteiger partial charge in [-0.1, -0.05) is 39.8 Å². The van der Waals surface area contributed by atoms with Gasteiger partial charge in [-0.05, 0) is 12.5 Å². The molecular weight excluding hydrogens is 134 g/mol. The van der Waals surface area contributed by atoms with Gasteiger partial charge in [-0.3, -0.25) is 4.99 Å². The minimum atomic E-state index is 1.01. The topological polar surface area (TPSA) is 12.4 Å². The molecule has 0 spiro atoms. The molecular formula is C10H19N. The predicted octanol–water partition coefficient (Wildman–Crippen LogP) is 3.58. The molecule has 0 unspecified atom stereocenters. The molecule has 1 nitrogen and oxygen atoms in total. The number of aliphatic imine (C=N–C) groups is 1. The van der Waals surface area contributed by atoms with Gasteiger partial charge in [0.15, 0.2) is 0 Å². The summed E-state index contributed by atoms with van der Waals surface area (Å²) in [5.41, 5.74) is 0. The van der Waals surface area contributed by atoms with Gasteiger partial charge in [0.25, 0.3) is 0 Å².